The van der Waals surface area contributed by atoms with E-state index in [4.69, 9.17) is 4.74 Å². The Morgan fingerprint density at radius 3 is 2.13 bits per heavy atom. The van der Waals surface area contributed by atoms with E-state index in [1.807, 2.05) is 6.92 Å². The third-order valence-electron chi connectivity index (χ3n) is 6.08. The van der Waals surface area contributed by atoms with Crippen molar-refractivity contribution in [2.45, 2.75) is 97.0 Å². The molecular weight excluding hydrogens is 284 g/mol. The lowest BCUT2D eigenvalue weighted by atomic mass is 9.70. The van der Waals surface area contributed by atoms with E-state index in [1.165, 1.54) is 70.3 Å². The summed E-state index contributed by atoms with van der Waals surface area (Å²) in [7, 11) is 0. The molecular formula is C21H36O2. The Kier molecular flexibility index (Phi) is 8.19. The third-order valence-corrected chi connectivity index (χ3v) is 6.08. The minimum Gasteiger partial charge on any atom is -0.459 e. The van der Waals surface area contributed by atoms with Gasteiger partial charge in [-0.05, 0) is 63.2 Å². The normalized spacial score (nSPS) is 32.1. The molecule has 2 aliphatic carbocycles. The van der Waals surface area contributed by atoms with Crippen molar-refractivity contribution in [3.05, 3.63) is 12.2 Å². The number of carbonyl (C=O) groups is 1. The summed E-state index contributed by atoms with van der Waals surface area (Å²) >= 11 is 0. The van der Waals surface area contributed by atoms with Crippen LogP contribution >= 0.6 is 0 Å². The van der Waals surface area contributed by atoms with Crippen molar-refractivity contribution >= 4 is 5.97 Å². The zero-order valence-electron chi connectivity index (χ0n) is 15.3. The lowest BCUT2D eigenvalue weighted by Gasteiger charge is -2.37. The number of allylic oxidation sites excluding steroid dienone is 1. The Balaban J connectivity index is 1.63. The molecule has 0 spiro atoms. The van der Waals surface area contributed by atoms with Crippen molar-refractivity contribution in [2.75, 3.05) is 0 Å². The predicted molar refractivity (Wildman–Crippen MR) is 96.2 cm³/mol. The number of carbonyl (C=O) groups excluding carboxylic acids is 1. The lowest BCUT2D eigenvalue weighted by Crippen LogP contribution is -2.29. The van der Waals surface area contributed by atoms with Crippen LogP contribution in [0.2, 0.25) is 0 Å². The van der Waals surface area contributed by atoms with Gasteiger partial charge in [0.1, 0.15) is 6.10 Å². The van der Waals surface area contributed by atoms with Crippen molar-refractivity contribution in [2.24, 2.45) is 17.8 Å². The molecule has 0 amide bonds. The van der Waals surface area contributed by atoms with Crippen LogP contribution in [0.5, 0.6) is 0 Å². The Bertz CT molecular complexity index is 358. The number of hydrogen-bond acceptors (Lipinski definition) is 2. The topological polar surface area (TPSA) is 26.3 Å². The Morgan fingerprint density at radius 2 is 1.57 bits per heavy atom. The van der Waals surface area contributed by atoms with Gasteiger partial charge in [-0.25, -0.2) is 4.79 Å². The van der Waals surface area contributed by atoms with Gasteiger partial charge in [0.05, 0.1) is 0 Å². The molecule has 0 saturated heterocycles. The molecule has 0 N–H and O–H groups in total. The molecule has 0 aromatic carbocycles. The first-order valence-electron chi connectivity index (χ1n) is 10.1. The van der Waals surface area contributed by atoms with Crippen LogP contribution in [0, 0.1) is 17.8 Å². The molecule has 2 saturated carbocycles. The van der Waals surface area contributed by atoms with Gasteiger partial charge in [0.25, 0.3) is 0 Å². The molecule has 0 atom stereocenters. The molecule has 2 rings (SSSR count). The maximum atomic E-state index is 11.5. The zero-order chi connectivity index (χ0) is 16.5. The monoisotopic (exact) mass is 320 g/mol. The van der Waals surface area contributed by atoms with E-state index in [2.05, 4.69) is 6.92 Å². The number of esters is 1. The maximum absolute atomic E-state index is 11.5. The summed E-state index contributed by atoms with van der Waals surface area (Å²) in [6, 6.07) is 0. The van der Waals surface area contributed by atoms with Crippen LogP contribution in [-0.2, 0) is 9.53 Å². The van der Waals surface area contributed by atoms with Gasteiger partial charge >= 0.3 is 5.97 Å². The van der Waals surface area contributed by atoms with Gasteiger partial charge in [0, 0.05) is 6.08 Å². The number of ether oxygens (including phenoxy) is 1. The van der Waals surface area contributed by atoms with Crippen molar-refractivity contribution in [3.8, 4) is 0 Å². The first-order chi connectivity index (χ1) is 11.2. The maximum Gasteiger partial charge on any atom is 0.330 e. The van der Waals surface area contributed by atoms with Crippen molar-refractivity contribution in [3.63, 3.8) is 0 Å². The summed E-state index contributed by atoms with van der Waals surface area (Å²) in [5, 5.41) is 0. The van der Waals surface area contributed by atoms with Crippen molar-refractivity contribution < 1.29 is 9.53 Å². The van der Waals surface area contributed by atoms with Gasteiger partial charge in [-0.2, -0.15) is 0 Å². The van der Waals surface area contributed by atoms with Crippen LogP contribution in [0.15, 0.2) is 12.2 Å². The molecule has 0 unspecified atom stereocenters. The highest BCUT2D eigenvalue weighted by molar-refractivity contribution is 5.81. The van der Waals surface area contributed by atoms with Crippen molar-refractivity contribution in [1.29, 1.82) is 0 Å². The zero-order valence-corrected chi connectivity index (χ0v) is 15.3. The first kappa shape index (κ1) is 18.5. The highest BCUT2D eigenvalue weighted by Gasteiger charge is 2.31. The van der Waals surface area contributed by atoms with Crippen LogP contribution in [0.4, 0.5) is 0 Å². The van der Waals surface area contributed by atoms with E-state index in [1.54, 1.807) is 6.08 Å². The van der Waals surface area contributed by atoms with Crippen LogP contribution in [0.25, 0.3) is 0 Å². The highest BCUT2D eigenvalue weighted by atomic mass is 16.5. The smallest absolute Gasteiger partial charge is 0.330 e. The molecule has 0 heterocycles. The van der Waals surface area contributed by atoms with Gasteiger partial charge in [0.2, 0.25) is 0 Å². The fraction of sp³-hybridized carbons (Fsp3) is 0.857. The van der Waals surface area contributed by atoms with E-state index in [0.717, 1.165) is 30.6 Å². The average molecular weight is 321 g/mol. The Labute approximate surface area is 143 Å². The summed E-state index contributed by atoms with van der Waals surface area (Å²) in [5.74, 6) is 2.69. The van der Waals surface area contributed by atoms with E-state index in [9.17, 15) is 4.79 Å². The summed E-state index contributed by atoms with van der Waals surface area (Å²) in [6.07, 6.45) is 19.6. The molecule has 0 aromatic heterocycles. The Morgan fingerprint density at radius 1 is 0.957 bits per heavy atom. The van der Waals surface area contributed by atoms with Gasteiger partial charge in [-0.15, -0.1) is 0 Å². The largest absolute Gasteiger partial charge is 0.459 e. The third kappa shape index (κ3) is 6.31. The quantitative estimate of drug-likeness (QED) is 0.324. The van der Waals surface area contributed by atoms with E-state index in [-0.39, 0.29) is 12.1 Å². The fourth-order valence-corrected chi connectivity index (χ4v) is 4.65. The average Bonchev–Trinajstić information content (AvgIpc) is 2.57. The van der Waals surface area contributed by atoms with E-state index in [0.29, 0.717) is 0 Å². The first-order valence-corrected chi connectivity index (χ1v) is 10.1. The summed E-state index contributed by atoms with van der Waals surface area (Å²) in [6.45, 7) is 4.15. The van der Waals surface area contributed by atoms with Crippen LogP contribution in [0.3, 0.4) is 0 Å². The second-order valence-electron chi connectivity index (χ2n) is 7.75. The van der Waals surface area contributed by atoms with E-state index < -0.39 is 0 Å². The molecule has 2 aliphatic rings. The van der Waals surface area contributed by atoms with Gasteiger partial charge in [-0.3, -0.25) is 0 Å². The molecule has 132 valence electrons. The second-order valence-corrected chi connectivity index (χ2v) is 7.75. The molecule has 0 bridgehead atoms. The molecule has 0 aliphatic heterocycles. The molecule has 2 fully saturated rings. The number of hydrogen-bond donors (Lipinski definition) is 0. The lowest BCUT2D eigenvalue weighted by molar-refractivity contribution is -0.145. The molecule has 0 aromatic rings. The second kappa shape index (κ2) is 10.2. The van der Waals surface area contributed by atoms with Crippen molar-refractivity contribution in [1.82, 2.24) is 0 Å². The van der Waals surface area contributed by atoms with Gasteiger partial charge < -0.3 is 4.74 Å². The minimum atomic E-state index is -0.163. The summed E-state index contributed by atoms with van der Waals surface area (Å²) in [4.78, 5) is 11.5. The number of rotatable bonds is 7. The number of unbranched alkanes of at least 4 members (excludes halogenated alkanes) is 2. The molecule has 0 radical (unpaired) electrons. The highest BCUT2D eigenvalue weighted by Crippen LogP contribution is 2.41. The SMILES string of the molecule is CC=CC(=O)OC1CCC(C2CCC(CCCCC)CC2)CC1. The van der Waals surface area contributed by atoms with Gasteiger partial charge in [-0.1, -0.05) is 51.5 Å². The molecule has 23 heavy (non-hydrogen) atoms. The standard InChI is InChI=1S/C21H36O2/c1-3-5-6-8-17-9-11-18(12-10-17)19-13-15-20(16-14-19)23-21(22)7-4-2/h4,7,17-20H,3,5-6,8-16H2,1-2H3. The summed E-state index contributed by atoms with van der Waals surface area (Å²) in [5.41, 5.74) is 0. The fourth-order valence-electron chi connectivity index (χ4n) is 4.65. The Hall–Kier alpha value is -0.790. The van der Waals surface area contributed by atoms with Crippen LogP contribution in [0.1, 0.15) is 90.9 Å². The van der Waals surface area contributed by atoms with Crippen LogP contribution in [-0.4, -0.2) is 12.1 Å². The summed E-state index contributed by atoms with van der Waals surface area (Å²) < 4.78 is 5.51. The molecule has 2 heteroatoms. The molecule has 2 nitrogen and oxygen atoms in total. The predicted octanol–water partition coefficient (Wildman–Crippen LogP) is 6.05. The van der Waals surface area contributed by atoms with Gasteiger partial charge in [0.15, 0.2) is 0 Å². The van der Waals surface area contributed by atoms with E-state index >= 15 is 0 Å². The minimum absolute atomic E-state index is 0.163. The van der Waals surface area contributed by atoms with Crippen LogP contribution < -0.4 is 0 Å².